The third-order valence-corrected chi connectivity index (χ3v) is 6.03. The van der Waals surface area contributed by atoms with Crippen molar-refractivity contribution in [2.24, 2.45) is 5.92 Å². The predicted octanol–water partition coefficient (Wildman–Crippen LogP) is 3.83. The van der Waals surface area contributed by atoms with Crippen LogP contribution in [0.5, 0.6) is 0 Å². The Bertz CT molecular complexity index is 1040. The monoisotopic (exact) mass is 494 g/mol. The molecular formula is C28H34N2O6. The summed E-state index contributed by atoms with van der Waals surface area (Å²) in [7, 11) is 0. The molecule has 1 heterocycles. The Hall–Kier alpha value is -3.68. The minimum atomic E-state index is -0.617. The number of nitrogens with zero attached hydrogens (tertiary/aromatic N) is 1. The topological polar surface area (TPSA) is 102 Å². The molecule has 2 aromatic rings. The molecule has 0 aromatic heterocycles. The molecule has 36 heavy (non-hydrogen) atoms. The van der Waals surface area contributed by atoms with Gasteiger partial charge in [-0.25, -0.2) is 4.79 Å². The van der Waals surface area contributed by atoms with Gasteiger partial charge in [0.05, 0.1) is 25.5 Å². The second-order valence-electron chi connectivity index (χ2n) is 8.98. The number of nitrogens with one attached hydrogen (secondary N) is 1. The average molecular weight is 495 g/mol. The van der Waals surface area contributed by atoms with E-state index in [1.54, 1.807) is 13.8 Å². The minimum absolute atomic E-state index is 0.0713. The number of carbonyl (C=O) groups excluding carboxylic acids is 4. The lowest BCUT2D eigenvalue weighted by Crippen LogP contribution is -2.39. The second kappa shape index (κ2) is 13.4. The summed E-state index contributed by atoms with van der Waals surface area (Å²) < 4.78 is 5.13. The van der Waals surface area contributed by atoms with Gasteiger partial charge >= 0.3 is 11.9 Å². The van der Waals surface area contributed by atoms with E-state index < -0.39 is 11.9 Å². The van der Waals surface area contributed by atoms with Gasteiger partial charge in [-0.2, -0.15) is 5.06 Å². The van der Waals surface area contributed by atoms with Gasteiger partial charge in [0.15, 0.2) is 0 Å². The number of esters is 1. The van der Waals surface area contributed by atoms with Gasteiger partial charge in [0.1, 0.15) is 0 Å². The van der Waals surface area contributed by atoms with Crippen molar-refractivity contribution in [1.29, 1.82) is 0 Å². The van der Waals surface area contributed by atoms with Crippen LogP contribution in [-0.4, -0.2) is 48.0 Å². The summed E-state index contributed by atoms with van der Waals surface area (Å²) in [6.07, 6.45) is 1.73. The molecule has 0 spiro atoms. The molecule has 1 saturated heterocycles. The molecule has 0 unspecified atom stereocenters. The number of benzene rings is 2. The van der Waals surface area contributed by atoms with Crippen molar-refractivity contribution in [1.82, 2.24) is 10.4 Å². The van der Waals surface area contributed by atoms with E-state index in [1.807, 2.05) is 54.6 Å². The third kappa shape index (κ3) is 8.22. The maximum atomic E-state index is 12.7. The van der Waals surface area contributed by atoms with Crippen LogP contribution in [0.15, 0.2) is 54.6 Å². The van der Waals surface area contributed by atoms with Crippen LogP contribution in [0.3, 0.4) is 0 Å². The maximum absolute atomic E-state index is 12.7. The first-order valence-corrected chi connectivity index (χ1v) is 12.5. The number of hydrogen-bond donors (Lipinski definition) is 1. The van der Waals surface area contributed by atoms with Crippen molar-refractivity contribution in [3.8, 4) is 11.1 Å². The van der Waals surface area contributed by atoms with Crippen LogP contribution in [0.25, 0.3) is 11.1 Å². The molecule has 2 atom stereocenters. The fraction of sp³-hybridized carbons (Fsp3) is 0.429. The predicted molar refractivity (Wildman–Crippen MR) is 134 cm³/mol. The average Bonchev–Trinajstić information content (AvgIpc) is 3.27. The van der Waals surface area contributed by atoms with Crippen LogP contribution >= 0.6 is 0 Å². The highest BCUT2D eigenvalue weighted by Crippen LogP contribution is 2.21. The first-order chi connectivity index (χ1) is 17.4. The van der Waals surface area contributed by atoms with Crippen LogP contribution in [0.1, 0.15) is 51.5 Å². The zero-order chi connectivity index (χ0) is 25.9. The standard InChI is InChI=1S/C28H34N2O6/c1-3-35-28(34)20(2)18-24(19-21-11-13-23(14-12-21)22-8-5-4-6-9-22)29-25(31)15-16-27(33)36-30-17-7-10-26(30)32/h4-6,8-9,11-14,20,24H,3,7,10,15-19H2,1-2H3,(H,29,31)/t20-,24+/m1/s1. The Morgan fingerprint density at radius 1 is 1.00 bits per heavy atom. The molecule has 0 aliphatic carbocycles. The Kier molecular flexibility index (Phi) is 10.0. The molecule has 3 rings (SSSR count). The van der Waals surface area contributed by atoms with Crippen LogP contribution in [0.4, 0.5) is 0 Å². The van der Waals surface area contributed by atoms with Crippen LogP contribution in [0.2, 0.25) is 0 Å². The SMILES string of the molecule is CCOC(=O)[C@H](C)C[C@@H](Cc1ccc(-c2ccccc2)cc1)NC(=O)CCC(=O)ON1CCCC1=O. The minimum Gasteiger partial charge on any atom is -0.466 e. The molecular weight excluding hydrogens is 460 g/mol. The van der Waals surface area contributed by atoms with E-state index >= 15 is 0 Å². The number of amides is 2. The Balaban J connectivity index is 1.59. The summed E-state index contributed by atoms with van der Waals surface area (Å²) >= 11 is 0. The Morgan fingerprint density at radius 3 is 2.33 bits per heavy atom. The molecule has 0 bridgehead atoms. The molecule has 192 valence electrons. The van der Waals surface area contributed by atoms with Crippen molar-refractivity contribution >= 4 is 23.8 Å². The summed E-state index contributed by atoms with van der Waals surface area (Å²) in [5.74, 6) is -1.87. The van der Waals surface area contributed by atoms with Crippen LogP contribution in [-0.2, 0) is 35.2 Å². The molecule has 0 radical (unpaired) electrons. The van der Waals surface area contributed by atoms with Crippen LogP contribution in [0, 0.1) is 5.92 Å². The Morgan fingerprint density at radius 2 is 1.69 bits per heavy atom. The van der Waals surface area contributed by atoms with E-state index in [0.717, 1.165) is 21.8 Å². The van der Waals surface area contributed by atoms with Gasteiger partial charge in [0.2, 0.25) is 5.91 Å². The summed E-state index contributed by atoms with van der Waals surface area (Å²) in [5, 5.41) is 4.02. The van der Waals surface area contributed by atoms with E-state index in [-0.39, 0.29) is 36.7 Å². The number of ether oxygens (including phenoxy) is 1. The van der Waals surface area contributed by atoms with Gasteiger partial charge in [0.25, 0.3) is 5.91 Å². The number of hydroxylamine groups is 2. The van der Waals surface area contributed by atoms with Crippen molar-refractivity contribution in [2.45, 2.75) is 58.4 Å². The summed E-state index contributed by atoms with van der Waals surface area (Å²) in [5.41, 5.74) is 3.23. The van der Waals surface area contributed by atoms with Gasteiger partial charge in [-0.1, -0.05) is 61.5 Å². The van der Waals surface area contributed by atoms with E-state index in [2.05, 4.69) is 5.32 Å². The first kappa shape index (κ1) is 26.9. The molecule has 2 amide bonds. The van der Waals surface area contributed by atoms with Crippen molar-refractivity contribution in [3.63, 3.8) is 0 Å². The Labute approximate surface area is 211 Å². The highest BCUT2D eigenvalue weighted by molar-refractivity contribution is 5.83. The first-order valence-electron chi connectivity index (χ1n) is 12.5. The zero-order valence-corrected chi connectivity index (χ0v) is 20.9. The van der Waals surface area contributed by atoms with Gasteiger partial charge in [-0.15, -0.1) is 0 Å². The smallest absolute Gasteiger partial charge is 0.333 e. The number of carbonyl (C=O) groups is 4. The highest BCUT2D eigenvalue weighted by Gasteiger charge is 2.25. The maximum Gasteiger partial charge on any atom is 0.333 e. The fourth-order valence-electron chi connectivity index (χ4n) is 4.15. The molecule has 1 N–H and O–H groups in total. The molecule has 8 nitrogen and oxygen atoms in total. The summed E-state index contributed by atoms with van der Waals surface area (Å²) in [6.45, 7) is 4.21. The van der Waals surface area contributed by atoms with Crippen molar-refractivity contribution < 1.29 is 28.8 Å². The molecule has 1 aliphatic heterocycles. The van der Waals surface area contributed by atoms with Gasteiger partial charge < -0.3 is 14.9 Å². The summed E-state index contributed by atoms with van der Waals surface area (Å²) in [4.78, 5) is 53.6. The lowest BCUT2D eigenvalue weighted by molar-refractivity contribution is -0.193. The number of rotatable bonds is 12. The zero-order valence-electron chi connectivity index (χ0n) is 20.9. The molecule has 0 saturated carbocycles. The van der Waals surface area contributed by atoms with Gasteiger partial charge in [-0.3, -0.25) is 14.4 Å². The van der Waals surface area contributed by atoms with Crippen LogP contribution < -0.4 is 5.32 Å². The fourth-order valence-corrected chi connectivity index (χ4v) is 4.15. The van der Waals surface area contributed by atoms with E-state index in [4.69, 9.17) is 9.57 Å². The molecule has 2 aromatic carbocycles. The quantitative estimate of drug-likeness (QED) is 0.450. The number of hydrogen-bond acceptors (Lipinski definition) is 6. The van der Waals surface area contributed by atoms with E-state index in [1.165, 1.54) is 0 Å². The van der Waals surface area contributed by atoms with E-state index in [0.29, 0.717) is 38.8 Å². The lowest BCUT2D eigenvalue weighted by Gasteiger charge is -2.22. The molecule has 8 heteroatoms. The van der Waals surface area contributed by atoms with E-state index in [9.17, 15) is 19.2 Å². The highest BCUT2D eigenvalue weighted by atomic mass is 16.7. The molecule has 1 fully saturated rings. The van der Waals surface area contributed by atoms with Gasteiger partial charge in [-0.05, 0) is 42.9 Å². The lowest BCUT2D eigenvalue weighted by atomic mass is 9.94. The van der Waals surface area contributed by atoms with Crippen molar-refractivity contribution in [2.75, 3.05) is 13.2 Å². The van der Waals surface area contributed by atoms with Gasteiger partial charge in [0, 0.05) is 18.9 Å². The van der Waals surface area contributed by atoms with Crippen molar-refractivity contribution in [3.05, 3.63) is 60.2 Å². The third-order valence-electron chi connectivity index (χ3n) is 6.03. The largest absolute Gasteiger partial charge is 0.466 e. The summed E-state index contributed by atoms with van der Waals surface area (Å²) in [6, 6.07) is 17.8. The molecule has 1 aliphatic rings. The second-order valence-corrected chi connectivity index (χ2v) is 8.98. The normalized spacial score (nSPS) is 14.7.